The molecular formula is C68H60N2O2. The Morgan fingerprint density at radius 3 is 0.958 bits per heavy atom. The number of rotatable bonds is 11. The fourth-order valence-electron chi connectivity index (χ4n) is 10.8. The van der Waals surface area contributed by atoms with E-state index in [-0.39, 0.29) is 0 Å². The van der Waals surface area contributed by atoms with Crippen LogP contribution in [0.1, 0.15) is 101 Å². The van der Waals surface area contributed by atoms with Gasteiger partial charge in [0, 0.05) is 67.3 Å². The molecule has 0 saturated heterocycles. The summed E-state index contributed by atoms with van der Waals surface area (Å²) in [5.74, 6) is 1.83. The third-order valence-corrected chi connectivity index (χ3v) is 14.9. The molecule has 12 rings (SSSR count). The smallest absolute Gasteiger partial charge is 0.139 e. The maximum atomic E-state index is 6.93. The van der Waals surface area contributed by atoms with Crippen molar-refractivity contribution < 1.29 is 8.83 Å². The zero-order valence-electron chi connectivity index (χ0n) is 42.5. The summed E-state index contributed by atoms with van der Waals surface area (Å²) in [5.41, 5.74) is 17.5. The van der Waals surface area contributed by atoms with Crippen molar-refractivity contribution in [2.45, 2.75) is 79.1 Å². The van der Waals surface area contributed by atoms with Gasteiger partial charge in [0.15, 0.2) is 0 Å². The second kappa shape index (κ2) is 18.0. The van der Waals surface area contributed by atoms with Crippen LogP contribution in [0, 0.1) is 0 Å². The van der Waals surface area contributed by atoms with E-state index in [9.17, 15) is 0 Å². The van der Waals surface area contributed by atoms with Crippen molar-refractivity contribution in [3.63, 3.8) is 0 Å². The van der Waals surface area contributed by atoms with Crippen molar-refractivity contribution in [1.29, 1.82) is 0 Å². The zero-order valence-corrected chi connectivity index (χ0v) is 42.5. The summed E-state index contributed by atoms with van der Waals surface area (Å²) in [6.07, 6.45) is 0. The van der Waals surface area contributed by atoms with Gasteiger partial charge < -0.3 is 18.6 Å². The Hall–Kier alpha value is -8.08. The Labute approximate surface area is 422 Å². The number of hydrogen-bond donors (Lipinski definition) is 0. The molecule has 354 valence electrons. The molecule has 0 atom stereocenters. The molecule has 2 aromatic heterocycles. The van der Waals surface area contributed by atoms with Gasteiger partial charge in [-0.1, -0.05) is 146 Å². The van der Waals surface area contributed by atoms with Crippen molar-refractivity contribution in [1.82, 2.24) is 0 Å². The summed E-state index contributed by atoms with van der Waals surface area (Å²) in [5, 5.41) is 8.87. The topological polar surface area (TPSA) is 32.8 Å². The van der Waals surface area contributed by atoms with E-state index in [1.54, 1.807) is 0 Å². The molecule has 0 saturated carbocycles. The number of hydrogen-bond acceptors (Lipinski definition) is 4. The van der Waals surface area contributed by atoms with Gasteiger partial charge in [-0.15, -0.1) is 0 Å². The lowest BCUT2D eigenvalue weighted by Crippen LogP contribution is -2.10. The highest BCUT2D eigenvalue weighted by atomic mass is 16.3. The number of anilines is 6. The quantitative estimate of drug-likeness (QED) is 0.129. The van der Waals surface area contributed by atoms with Gasteiger partial charge in [-0.25, -0.2) is 0 Å². The molecule has 4 nitrogen and oxygen atoms in total. The second-order valence-corrected chi connectivity index (χ2v) is 21.0. The second-order valence-electron chi connectivity index (χ2n) is 21.0. The van der Waals surface area contributed by atoms with Crippen molar-refractivity contribution in [3.8, 4) is 11.1 Å². The molecule has 0 aliphatic rings. The first-order chi connectivity index (χ1) is 34.9. The highest BCUT2D eigenvalue weighted by Crippen LogP contribution is 2.48. The van der Waals surface area contributed by atoms with Crippen LogP contribution in [0.2, 0.25) is 0 Å². The fraction of sp³-hybridized carbons (Fsp3) is 0.176. The first-order valence-corrected chi connectivity index (χ1v) is 25.7. The predicted octanol–water partition coefficient (Wildman–Crippen LogP) is 20.9. The molecule has 0 unspecified atom stereocenters. The molecule has 12 aromatic rings. The summed E-state index contributed by atoms with van der Waals surface area (Å²) >= 11 is 0. The van der Waals surface area contributed by atoms with E-state index in [2.05, 4.69) is 259 Å². The third kappa shape index (κ3) is 7.96. The lowest BCUT2D eigenvalue weighted by Gasteiger charge is -2.26. The highest BCUT2D eigenvalue weighted by Gasteiger charge is 2.23. The van der Waals surface area contributed by atoms with Gasteiger partial charge >= 0.3 is 0 Å². The van der Waals surface area contributed by atoms with E-state index in [1.807, 2.05) is 0 Å². The molecule has 0 fully saturated rings. The number of furan rings is 2. The van der Waals surface area contributed by atoms with Gasteiger partial charge in [-0.05, 0) is 170 Å². The van der Waals surface area contributed by atoms with Crippen molar-refractivity contribution in [2.24, 2.45) is 0 Å². The minimum Gasteiger partial charge on any atom is -0.456 e. The average molecular weight is 937 g/mol. The fourth-order valence-corrected chi connectivity index (χ4v) is 10.8. The Kier molecular flexibility index (Phi) is 11.2. The van der Waals surface area contributed by atoms with E-state index in [1.165, 1.54) is 22.3 Å². The highest BCUT2D eigenvalue weighted by molar-refractivity contribution is 6.27. The molecule has 0 amide bonds. The molecule has 72 heavy (non-hydrogen) atoms. The number of fused-ring (bicyclic) bond motifs is 8. The minimum atomic E-state index is 0.457. The Morgan fingerprint density at radius 2 is 0.625 bits per heavy atom. The number of benzene rings is 10. The summed E-state index contributed by atoms with van der Waals surface area (Å²) < 4.78 is 13.9. The van der Waals surface area contributed by atoms with Gasteiger partial charge in [0.05, 0.1) is 0 Å². The maximum absolute atomic E-state index is 6.93. The van der Waals surface area contributed by atoms with Crippen LogP contribution in [0.4, 0.5) is 34.1 Å². The Morgan fingerprint density at radius 1 is 0.292 bits per heavy atom. The molecule has 0 aliphatic heterocycles. The average Bonchev–Trinajstić information content (AvgIpc) is 3.93. The lowest BCUT2D eigenvalue weighted by molar-refractivity contribution is 0.657. The molecule has 0 bridgehead atoms. The SMILES string of the molecule is CC(C)c1ccc(N(c2ccc(C(C)C)cc2)c2ccc3cc4c(cc3c2)oc2cc3oc5cc6cc(N(c7ccc(C(C)C)cc7)c7ccc(C(C)C)cc7)ccc6cc5c3c(-c3ccccc3)c24)cc1. The lowest BCUT2D eigenvalue weighted by atomic mass is 9.93. The molecule has 0 N–H and O–H groups in total. The van der Waals surface area contributed by atoms with Crippen molar-refractivity contribution in [3.05, 3.63) is 216 Å². The molecule has 4 heteroatoms. The van der Waals surface area contributed by atoms with Gasteiger partial charge in [0.2, 0.25) is 0 Å². The summed E-state index contributed by atoms with van der Waals surface area (Å²) in [6.45, 7) is 18.0. The van der Waals surface area contributed by atoms with E-state index in [4.69, 9.17) is 8.83 Å². The van der Waals surface area contributed by atoms with E-state index in [0.29, 0.717) is 23.7 Å². The normalized spacial score (nSPS) is 12.1. The monoisotopic (exact) mass is 936 g/mol. The molecule has 0 spiro atoms. The molecule has 0 radical (unpaired) electrons. The summed E-state index contributed by atoms with van der Waals surface area (Å²) in [7, 11) is 0. The molecule has 10 aromatic carbocycles. The van der Waals surface area contributed by atoms with Crippen LogP contribution in [-0.4, -0.2) is 0 Å². The van der Waals surface area contributed by atoms with Crippen LogP contribution in [0.3, 0.4) is 0 Å². The van der Waals surface area contributed by atoms with Crippen LogP contribution in [0.5, 0.6) is 0 Å². The van der Waals surface area contributed by atoms with Gasteiger partial charge in [-0.2, -0.15) is 0 Å². The van der Waals surface area contributed by atoms with Crippen LogP contribution in [0.15, 0.2) is 203 Å². The van der Waals surface area contributed by atoms with Crippen molar-refractivity contribution >= 4 is 99.5 Å². The predicted molar refractivity (Wildman–Crippen MR) is 307 cm³/mol. The zero-order chi connectivity index (χ0) is 49.4. The molecule has 2 heterocycles. The van der Waals surface area contributed by atoms with Gasteiger partial charge in [0.25, 0.3) is 0 Å². The standard InChI is InChI=1S/C68H60N2O2/c1-41(2)45-14-24-54(25-15-45)69(55-26-16-46(17-27-55)42(3)4)58-32-22-50-36-60-62(38-52(50)34-58)71-64-40-65-68(66(67(60)64)49-12-10-9-11-13-49)61-37-51-23-33-59(35-53(51)39-63(61)72-65)70(56-28-18-47(19-29-56)43(5)6)57-30-20-48(21-31-57)44(7)8/h9-44H,1-8H3. The third-order valence-electron chi connectivity index (χ3n) is 14.9. The van der Waals surface area contributed by atoms with E-state index >= 15 is 0 Å². The first-order valence-electron chi connectivity index (χ1n) is 25.7. The van der Waals surface area contributed by atoms with Crippen LogP contribution in [-0.2, 0) is 0 Å². The molecular weight excluding hydrogens is 877 g/mol. The van der Waals surface area contributed by atoms with Gasteiger partial charge in [-0.3, -0.25) is 0 Å². The Bertz CT molecular complexity index is 3610. The summed E-state index contributed by atoms with van der Waals surface area (Å²) in [6, 6.07) is 71.6. The van der Waals surface area contributed by atoms with Crippen LogP contribution >= 0.6 is 0 Å². The first kappa shape index (κ1) is 45.1. The Balaban J connectivity index is 0.998. The van der Waals surface area contributed by atoms with Crippen LogP contribution < -0.4 is 9.80 Å². The van der Waals surface area contributed by atoms with E-state index < -0.39 is 0 Å². The van der Waals surface area contributed by atoms with Crippen molar-refractivity contribution in [2.75, 3.05) is 9.80 Å². The van der Waals surface area contributed by atoms with Crippen LogP contribution in [0.25, 0.3) is 76.5 Å². The van der Waals surface area contributed by atoms with E-state index in [0.717, 1.165) is 111 Å². The largest absolute Gasteiger partial charge is 0.456 e. The van der Waals surface area contributed by atoms with Gasteiger partial charge in [0.1, 0.15) is 22.3 Å². The molecule has 0 aliphatic carbocycles. The number of nitrogens with zero attached hydrogens (tertiary/aromatic N) is 2. The maximum Gasteiger partial charge on any atom is 0.139 e. The summed E-state index contributed by atoms with van der Waals surface area (Å²) in [4.78, 5) is 4.72. The minimum absolute atomic E-state index is 0.457.